The van der Waals surface area contributed by atoms with E-state index >= 15 is 0 Å². The molecular formula is C18H21ClN2O4. The lowest BCUT2D eigenvalue weighted by atomic mass is 9.93. The minimum atomic E-state index is -0.521. The second kappa shape index (κ2) is 6.50. The van der Waals surface area contributed by atoms with Crippen LogP contribution in [0.1, 0.15) is 36.0 Å². The molecule has 0 unspecified atom stereocenters. The minimum Gasteiger partial charge on any atom is -0.484 e. The van der Waals surface area contributed by atoms with Crippen molar-refractivity contribution in [1.29, 1.82) is 0 Å². The molecule has 1 N–H and O–H groups in total. The van der Waals surface area contributed by atoms with Crippen molar-refractivity contribution in [3.05, 3.63) is 28.8 Å². The molecule has 2 fully saturated rings. The summed E-state index contributed by atoms with van der Waals surface area (Å²) in [7, 11) is 0. The molecule has 0 atom stereocenters. The first kappa shape index (κ1) is 16.7. The Bertz CT molecular complexity index is 698. The van der Waals surface area contributed by atoms with Crippen LogP contribution in [0.4, 0.5) is 0 Å². The van der Waals surface area contributed by atoms with Crippen LogP contribution in [0, 0.1) is 0 Å². The highest BCUT2D eigenvalue weighted by molar-refractivity contribution is 6.31. The molecule has 0 aromatic heterocycles. The van der Waals surface area contributed by atoms with E-state index < -0.39 is 5.60 Å². The van der Waals surface area contributed by atoms with Crippen molar-refractivity contribution in [2.45, 2.75) is 37.3 Å². The van der Waals surface area contributed by atoms with Gasteiger partial charge in [0.1, 0.15) is 17.9 Å². The average molecular weight is 365 g/mol. The van der Waals surface area contributed by atoms with Crippen molar-refractivity contribution in [1.82, 2.24) is 10.2 Å². The molecule has 0 radical (unpaired) electrons. The highest BCUT2D eigenvalue weighted by Gasteiger charge is 2.42. The Morgan fingerprint density at radius 1 is 1.32 bits per heavy atom. The molecule has 1 spiro atoms. The summed E-state index contributed by atoms with van der Waals surface area (Å²) in [5.41, 5.74) is -0.109. The fourth-order valence-corrected chi connectivity index (χ4v) is 3.59. The third-order valence-electron chi connectivity index (χ3n) is 4.95. The molecule has 2 heterocycles. The molecular weight excluding hydrogens is 344 g/mol. The summed E-state index contributed by atoms with van der Waals surface area (Å²) in [6.45, 7) is 1.57. The zero-order chi connectivity index (χ0) is 17.4. The molecule has 0 bridgehead atoms. The van der Waals surface area contributed by atoms with E-state index in [0.717, 1.165) is 12.8 Å². The number of fused-ring (bicyclic) bond motifs is 1. The fraction of sp³-hybridized carbons (Fsp3) is 0.556. The van der Waals surface area contributed by atoms with Crippen molar-refractivity contribution in [2.24, 2.45) is 0 Å². The maximum absolute atomic E-state index is 13.0. The van der Waals surface area contributed by atoms with Gasteiger partial charge >= 0.3 is 0 Å². The van der Waals surface area contributed by atoms with Gasteiger partial charge < -0.3 is 19.7 Å². The van der Waals surface area contributed by atoms with Gasteiger partial charge in [-0.25, -0.2) is 0 Å². The second-order valence-electron chi connectivity index (χ2n) is 7.04. The molecule has 134 valence electrons. The Labute approximate surface area is 151 Å². The average Bonchev–Trinajstić information content (AvgIpc) is 3.40. The van der Waals surface area contributed by atoms with E-state index in [2.05, 4.69) is 5.32 Å². The highest BCUT2D eigenvalue weighted by Crippen LogP contribution is 2.36. The van der Waals surface area contributed by atoms with Crippen molar-refractivity contribution >= 4 is 23.4 Å². The summed E-state index contributed by atoms with van der Waals surface area (Å²) in [6, 6.07) is 5.34. The molecule has 2 amide bonds. The van der Waals surface area contributed by atoms with Gasteiger partial charge in [-0.1, -0.05) is 11.6 Å². The maximum atomic E-state index is 13.0. The van der Waals surface area contributed by atoms with Crippen LogP contribution in [-0.4, -0.2) is 54.7 Å². The van der Waals surface area contributed by atoms with Gasteiger partial charge in [0.15, 0.2) is 0 Å². The smallest absolute Gasteiger partial charge is 0.258 e. The molecule has 25 heavy (non-hydrogen) atoms. The van der Waals surface area contributed by atoms with E-state index in [1.54, 1.807) is 23.1 Å². The molecule has 6 nitrogen and oxygen atoms in total. The van der Waals surface area contributed by atoms with Crippen molar-refractivity contribution in [3.8, 4) is 5.75 Å². The number of carbonyl (C=O) groups excluding carboxylic acids is 2. The van der Waals surface area contributed by atoms with Gasteiger partial charge in [0.2, 0.25) is 5.91 Å². The second-order valence-corrected chi connectivity index (χ2v) is 7.48. The van der Waals surface area contributed by atoms with E-state index in [1.165, 1.54) is 0 Å². The Balaban J connectivity index is 1.64. The number of nitrogens with one attached hydrogen (secondary N) is 1. The van der Waals surface area contributed by atoms with Crippen LogP contribution in [0.25, 0.3) is 0 Å². The first-order valence-electron chi connectivity index (χ1n) is 8.70. The lowest BCUT2D eigenvalue weighted by Gasteiger charge is -2.38. The number of rotatable bonds is 3. The largest absolute Gasteiger partial charge is 0.484 e. The molecule has 1 saturated carbocycles. The number of amides is 2. The number of nitrogens with zero attached hydrogens (tertiary/aromatic N) is 1. The zero-order valence-electron chi connectivity index (χ0n) is 13.9. The highest BCUT2D eigenvalue weighted by atomic mass is 35.5. The molecule has 3 aliphatic rings. The zero-order valence-corrected chi connectivity index (χ0v) is 14.7. The molecule has 1 aliphatic carbocycles. The standard InChI is InChI=1S/C18H21ClN2O4/c19-12-1-4-15-14(9-12)17(23)21(10-16(22)20-13-2-3-13)11-18(25-15)5-7-24-8-6-18/h1,4,9,13H,2-3,5-8,10-11H2,(H,20,22). The lowest BCUT2D eigenvalue weighted by molar-refractivity contribution is -0.122. The van der Waals surface area contributed by atoms with Crippen LogP contribution >= 0.6 is 11.6 Å². The van der Waals surface area contributed by atoms with Crippen LogP contribution in [0.2, 0.25) is 5.02 Å². The van der Waals surface area contributed by atoms with Gasteiger partial charge in [-0.15, -0.1) is 0 Å². The van der Waals surface area contributed by atoms with Crippen LogP contribution in [-0.2, 0) is 9.53 Å². The van der Waals surface area contributed by atoms with Gasteiger partial charge in [0.25, 0.3) is 5.91 Å². The Morgan fingerprint density at radius 2 is 2.08 bits per heavy atom. The van der Waals surface area contributed by atoms with Crippen LogP contribution < -0.4 is 10.1 Å². The summed E-state index contributed by atoms with van der Waals surface area (Å²) >= 11 is 6.08. The molecule has 1 aromatic carbocycles. The van der Waals surface area contributed by atoms with Gasteiger partial charge in [-0.3, -0.25) is 9.59 Å². The topological polar surface area (TPSA) is 67.9 Å². The molecule has 7 heteroatoms. The quantitative estimate of drug-likeness (QED) is 0.890. The third kappa shape index (κ3) is 3.60. The van der Waals surface area contributed by atoms with Crippen LogP contribution in [0.3, 0.4) is 0 Å². The van der Waals surface area contributed by atoms with Gasteiger partial charge in [-0.2, -0.15) is 0 Å². The van der Waals surface area contributed by atoms with Crippen LogP contribution in [0.15, 0.2) is 18.2 Å². The summed E-state index contributed by atoms with van der Waals surface area (Å²) in [6.07, 6.45) is 3.40. The summed E-state index contributed by atoms with van der Waals surface area (Å²) < 4.78 is 11.7. The maximum Gasteiger partial charge on any atom is 0.258 e. The lowest BCUT2D eigenvalue weighted by Crippen LogP contribution is -2.52. The third-order valence-corrected chi connectivity index (χ3v) is 5.18. The monoisotopic (exact) mass is 364 g/mol. The Kier molecular flexibility index (Phi) is 4.33. The molecule has 4 rings (SSSR count). The summed E-state index contributed by atoms with van der Waals surface area (Å²) in [5, 5.41) is 3.42. The molecule has 1 aromatic rings. The van der Waals surface area contributed by atoms with Gasteiger partial charge in [-0.05, 0) is 31.0 Å². The summed E-state index contributed by atoms with van der Waals surface area (Å²) in [5.74, 6) is 0.191. The van der Waals surface area contributed by atoms with Crippen molar-refractivity contribution in [3.63, 3.8) is 0 Å². The SMILES string of the molecule is O=C(CN1CC2(CCOCC2)Oc2ccc(Cl)cc2C1=O)NC1CC1. The normalized spacial score (nSPS) is 22.1. The van der Waals surface area contributed by atoms with E-state index in [1.807, 2.05) is 0 Å². The Hall–Kier alpha value is -1.79. The fourth-order valence-electron chi connectivity index (χ4n) is 3.42. The van der Waals surface area contributed by atoms with Crippen molar-refractivity contribution in [2.75, 3.05) is 26.3 Å². The van der Waals surface area contributed by atoms with E-state index in [-0.39, 0.29) is 24.4 Å². The first-order chi connectivity index (χ1) is 12.0. The number of benzene rings is 1. The number of hydrogen-bond acceptors (Lipinski definition) is 4. The van der Waals surface area contributed by atoms with E-state index in [9.17, 15) is 9.59 Å². The Morgan fingerprint density at radius 3 is 2.80 bits per heavy atom. The predicted molar refractivity (Wildman–Crippen MR) is 91.9 cm³/mol. The van der Waals surface area contributed by atoms with E-state index in [4.69, 9.17) is 21.1 Å². The first-order valence-corrected chi connectivity index (χ1v) is 9.07. The minimum absolute atomic E-state index is 0.0350. The number of carbonyl (C=O) groups is 2. The number of ether oxygens (including phenoxy) is 2. The summed E-state index contributed by atoms with van der Waals surface area (Å²) in [4.78, 5) is 26.9. The van der Waals surface area contributed by atoms with Crippen LogP contribution in [0.5, 0.6) is 5.75 Å². The van der Waals surface area contributed by atoms with Crippen molar-refractivity contribution < 1.29 is 19.1 Å². The molecule has 2 aliphatic heterocycles. The molecule has 1 saturated heterocycles. The number of hydrogen-bond donors (Lipinski definition) is 1. The van der Waals surface area contributed by atoms with E-state index in [0.29, 0.717) is 48.9 Å². The van der Waals surface area contributed by atoms with Gasteiger partial charge in [0.05, 0.1) is 25.3 Å². The number of halogens is 1. The van der Waals surface area contributed by atoms with Gasteiger partial charge in [0, 0.05) is 23.9 Å². The predicted octanol–water partition coefficient (Wildman–Crippen LogP) is 2.00.